The Hall–Kier alpha value is -3.65. The molecule has 150 valence electrons. The molecule has 1 N–H and O–H groups in total. The second-order valence-electron chi connectivity index (χ2n) is 7.31. The molecule has 0 saturated carbocycles. The summed E-state index contributed by atoms with van der Waals surface area (Å²) >= 11 is 0. The summed E-state index contributed by atoms with van der Waals surface area (Å²) in [4.78, 5) is 20.7. The third kappa shape index (κ3) is 3.31. The van der Waals surface area contributed by atoms with Gasteiger partial charge in [0.25, 0.3) is 5.91 Å². The maximum Gasteiger partial charge on any atom is 0.256 e. The van der Waals surface area contributed by atoms with Crippen molar-refractivity contribution < 1.29 is 4.79 Å². The van der Waals surface area contributed by atoms with E-state index in [9.17, 15) is 4.79 Å². The minimum absolute atomic E-state index is 0.128. The Balaban J connectivity index is 1.56. The fraction of sp³-hybridized carbons (Fsp3) is 0.227. The van der Waals surface area contributed by atoms with Crippen LogP contribution < -0.4 is 5.32 Å². The number of rotatable bonds is 4. The number of carbonyl (C=O) groups excluding carboxylic acids is 1. The van der Waals surface area contributed by atoms with Gasteiger partial charge in [0.2, 0.25) is 0 Å². The van der Waals surface area contributed by atoms with Gasteiger partial charge >= 0.3 is 0 Å². The number of para-hydroxylation sites is 1. The summed E-state index contributed by atoms with van der Waals surface area (Å²) in [5.74, 6) is -0.128. The van der Waals surface area contributed by atoms with Crippen LogP contribution in [0, 0.1) is 0 Å². The highest BCUT2D eigenvalue weighted by molar-refractivity contribution is 6.13. The molecule has 8 nitrogen and oxygen atoms in total. The SMILES string of the molecule is CCN1CCc2nc3ccccc3c(C(=O)Nc3cccc(-n4cnnn4)c3)c2C1. The first-order valence-electron chi connectivity index (χ1n) is 10.0. The minimum atomic E-state index is -0.128. The van der Waals surface area contributed by atoms with Gasteiger partial charge in [-0.15, -0.1) is 5.10 Å². The Labute approximate surface area is 173 Å². The molecule has 8 heteroatoms. The van der Waals surface area contributed by atoms with Crippen molar-refractivity contribution in [3.63, 3.8) is 0 Å². The standard InChI is InChI=1S/C22H21N7O/c1-2-28-11-10-20-18(13-28)21(17-8-3-4-9-19(17)25-20)22(30)24-15-6-5-7-16(12-15)29-14-23-26-27-29/h3-9,12,14H,2,10-11,13H2,1H3,(H,24,30). The summed E-state index contributed by atoms with van der Waals surface area (Å²) in [6, 6.07) is 15.3. The van der Waals surface area contributed by atoms with Gasteiger partial charge in [-0.25, -0.2) is 4.68 Å². The van der Waals surface area contributed by atoms with Gasteiger partial charge in [-0.3, -0.25) is 14.7 Å². The third-order valence-corrected chi connectivity index (χ3v) is 5.52. The van der Waals surface area contributed by atoms with Crippen LogP contribution >= 0.6 is 0 Å². The number of tetrazole rings is 1. The molecule has 2 aromatic carbocycles. The average molecular weight is 399 g/mol. The second-order valence-corrected chi connectivity index (χ2v) is 7.31. The van der Waals surface area contributed by atoms with E-state index in [2.05, 4.69) is 32.7 Å². The molecule has 0 spiro atoms. The number of nitrogens with zero attached hydrogens (tertiary/aromatic N) is 6. The average Bonchev–Trinajstić information content (AvgIpc) is 3.32. The Morgan fingerprint density at radius 3 is 2.90 bits per heavy atom. The summed E-state index contributed by atoms with van der Waals surface area (Å²) in [5, 5.41) is 15.2. The normalized spacial score (nSPS) is 13.9. The molecule has 3 heterocycles. The van der Waals surface area contributed by atoms with Crippen molar-refractivity contribution in [2.75, 3.05) is 18.4 Å². The topological polar surface area (TPSA) is 88.8 Å². The van der Waals surface area contributed by atoms with E-state index >= 15 is 0 Å². The molecule has 0 unspecified atom stereocenters. The Kier molecular flexibility index (Phi) is 4.68. The Morgan fingerprint density at radius 1 is 1.17 bits per heavy atom. The molecule has 4 aromatic rings. The zero-order chi connectivity index (χ0) is 20.5. The van der Waals surface area contributed by atoms with E-state index in [1.807, 2.05) is 48.5 Å². The number of nitrogens with one attached hydrogen (secondary N) is 1. The molecule has 2 aromatic heterocycles. The van der Waals surface area contributed by atoms with Crippen LogP contribution in [0.3, 0.4) is 0 Å². The molecule has 1 amide bonds. The van der Waals surface area contributed by atoms with Crippen molar-refractivity contribution in [3.8, 4) is 5.69 Å². The van der Waals surface area contributed by atoms with Crippen LogP contribution in [0.2, 0.25) is 0 Å². The van der Waals surface area contributed by atoms with Gasteiger partial charge in [-0.05, 0) is 41.2 Å². The Morgan fingerprint density at radius 2 is 2.07 bits per heavy atom. The molecule has 1 aliphatic rings. The lowest BCUT2D eigenvalue weighted by Gasteiger charge is -2.29. The molecule has 5 rings (SSSR count). The number of likely N-dealkylation sites (N-methyl/N-ethyl adjacent to an activating group) is 1. The van der Waals surface area contributed by atoms with Crippen LogP contribution in [0.4, 0.5) is 5.69 Å². The van der Waals surface area contributed by atoms with Crippen LogP contribution in [0.15, 0.2) is 54.9 Å². The number of pyridine rings is 1. The van der Waals surface area contributed by atoms with Gasteiger partial charge in [0, 0.05) is 41.8 Å². The van der Waals surface area contributed by atoms with Gasteiger partial charge in [0.15, 0.2) is 0 Å². The molecule has 1 aliphatic heterocycles. The number of hydrogen-bond donors (Lipinski definition) is 1. The van der Waals surface area contributed by atoms with Gasteiger partial charge in [0.05, 0.1) is 16.8 Å². The lowest BCUT2D eigenvalue weighted by atomic mass is 9.95. The number of benzene rings is 2. The first-order chi connectivity index (χ1) is 14.7. The molecule has 0 saturated heterocycles. The lowest BCUT2D eigenvalue weighted by molar-refractivity contribution is 0.102. The lowest BCUT2D eigenvalue weighted by Crippen LogP contribution is -2.33. The predicted octanol–water partition coefficient (Wildman–Crippen LogP) is 2.84. The molecular formula is C22H21N7O. The number of carbonyl (C=O) groups is 1. The number of aromatic nitrogens is 5. The van der Waals surface area contributed by atoms with Crippen molar-refractivity contribution in [3.05, 3.63) is 71.7 Å². The van der Waals surface area contributed by atoms with Crippen LogP contribution in [0.25, 0.3) is 16.6 Å². The quantitative estimate of drug-likeness (QED) is 0.568. The monoisotopic (exact) mass is 399 g/mol. The smallest absolute Gasteiger partial charge is 0.256 e. The second kappa shape index (κ2) is 7.64. The van der Waals surface area contributed by atoms with Crippen LogP contribution in [-0.4, -0.2) is 49.1 Å². The zero-order valence-electron chi connectivity index (χ0n) is 16.6. The van der Waals surface area contributed by atoms with Crippen molar-refractivity contribution in [1.29, 1.82) is 0 Å². The summed E-state index contributed by atoms with van der Waals surface area (Å²) in [5.41, 5.74) is 5.07. The fourth-order valence-corrected chi connectivity index (χ4v) is 3.97. The highest BCUT2D eigenvalue weighted by Gasteiger charge is 2.25. The largest absolute Gasteiger partial charge is 0.322 e. The predicted molar refractivity (Wildman–Crippen MR) is 114 cm³/mol. The first-order valence-corrected chi connectivity index (χ1v) is 10.0. The summed E-state index contributed by atoms with van der Waals surface area (Å²) in [6.07, 6.45) is 2.37. The van der Waals surface area contributed by atoms with E-state index in [-0.39, 0.29) is 5.91 Å². The van der Waals surface area contributed by atoms with E-state index < -0.39 is 0 Å². The summed E-state index contributed by atoms with van der Waals surface area (Å²) in [7, 11) is 0. The molecule has 0 radical (unpaired) electrons. The van der Waals surface area contributed by atoms with E-state index in [1.54, 1.807) is 4.68 Å². The van der Waals surface area contributed by atoms with Crippen molar-refractivity contribution in [2.45, 2.75) is 19.9 Å². The van der Waals surface area contributed by atoms with Gasteiger partial charge in [0.1, 0.15) is 6.33 Å². The highest BCUT2D eigenvalue weighted by atomic mass is 16.1. The van der Waals surface area contributed by atoms with Crippen molar-refractivity contribution >= 4 is 22.5 Å². The molecular weight excluding hydrogens is 378 g/mol. The number of hydrogen-bond acceptors (Lipinski definition) is 6. The molecule has 0 atom stereocenters. The van der Waals surface area contributed by atoms with E-state index in [4.69, 9.17) is 4.98 Å². The fourth-order valence-electron chi connectivity index (χ4n) is 3.97. The number of anilines is 1. The molecule has 0 bridgehead atoms. The zero-order valence-corrected chi connectivity index (χ0v) is 16.6. The van der Waals surface area contributed by atoms with Crippen LogP contribution in [0.5, 0.6) is 0 Å². The van der Waals surface area contributed by atoms with Crippen LogP contribution in [0.1, 0.15) is 28.5 Å². The van der Waals surface area contributed by atoms with E-state index in [0.29, 0.717) is 11.3 Å². The summed E-state index contributed by atoms with van der Waals surface area (Å²) in [6.45, 7) is 4.78. The van der Waals surface area contributed by atoms with E-state index in [0.717, 1.165) is 53.9 Å². The van der Waals surface area contributed by atoms with Gasteiger partial charge < -0.3 is 5.32 Å². The molecule has 0 aliphatic carbocycles. The third-order valence-electron chi connectivity index (χ3n) is 5.52. The molecule has 30 heavy (non-hydrogen) atoms. The Bertz CT molecular complexity index is 1220. The number of amides is 1. The molecule has 0 fully saturated rings. The first kappa shape index (κ1) is 18.4. The number of fused-ring (bicyclic) bond motifs is 2. The van der Waals surface area contributed by atoms with Crippen molar-refractivity contribution in [1.82, 2.24) is 30.1 Å². The van der Waals surface area contributed by atoms with Crippen LogP contribution in [-0.2, 0) is 13.0 Å². The van der Waals surface area contributed by atoms with E-state index in [1.165, 1.54) is 6.33 Å². The minimum Gasteiger partial charge on any atom is -0.322 e. The van der Waals surface area contributed by atoms with Crippen molar-refractivity contribution in [2.24, 2.45) is 0 Å². The summed E-state index contributed by atoms with van der Waals surface area (Å²) < 4.78 is 1.55. The highest BCUT2D eigenvalue weighted by Crippen LogP contribution is 2.29. The van der Waals surface area contributed by atoms with Gasteiger partial charge in [-0.1, -0.05) is 31.2 Å². The van der Waals surface area contributed by atoms with Gasteiger partial charge in [-0.2, -0.15) is 0 Å². The maximum absolute atomic E-state index is 13.5. The maximum atomic E-state index is 13.5.